The number of rotatable bonds is 7. The number of hydrogen-bond donors (Lipinski definition) is 4. The van der Waals surface area contributed by atoms with Crippen LogP contribution in [0.4, 0.5) is 5.69 Å². The van der Waals surface area contributed by atoms with Crippen molar-refractivity contribution < 1.29 is 20.2 Å². The van der Waals surface area contributed by atoms with Gasteiger partial charge in [0.1, 0.15) is 11.4 Å². The molecule has 0 aliphatic carbocycles. The fraction of sp³-hybridized carbons (Fsp3) is 0.238. The molecule has 152 valence electrons. The molecule has 0 atom stereocenters. The Balaban J connectivity index is 0.000000687. The van der Waals surface area contributed by atoms with E-state index in [0.29, 0.717) is 0 Å². The van der Waals surface area contributed by atoms with E-state index in [1.807, 2.05) is 30.5 Å². The van der Waals surface area contributed by atoms with Crippen molar-refractivity contribution >= 4 is 28.8 Å². The van der Waals surface area contributed by atoms with Gasteiger partial charge in [-0.3, -0.25) is 9.78 Å². The van der Waals surface area contributed by atoms with E-state index < -0.39 is 5.97 Å². The number of unbranched alkanes of at least 4 members (excludes halogenated alkanes) is 1. The second-order valence-electron chi connectivity index (χ2n) is 6.23. The highest BCUT2D eigenvalue weighted by molar-refractivity contribution is 5.90. The van der Waals surface area contributed by atoms with Crippen molar-refractivity contribution in [2.45, 2.75) is 26.2 Å². The van der Waals surface area contributed by atoms with Crippen molar-refractivity contribution in [1.82, 2.24) is 9.97 Å². The van der Waals surface area contributed by atoms with Gasteiger partial charge in [-0.25, -0.2) is 4.98 Å². The lowest BCUT2D eigenvalue weighted by Crippen LogP contribution is -2.03. The van der Waals surface area contributed by atoms with Crippen LogP contribution >= 0.6 is 0 Å². The third-order valence-electron chi connectivity index (χ3n) is 3.96. The Labute approximate surface area is 168 Å². The number of aromatic hydroxyl groups is 1. The number of carboxylic acid groups (broad SMARTS) is 1. The first-order valence-electron chi connectivity index (χ1n) is 9.14. The summed E-state index contributed by atoms with van der Waals surface area (Å²) in [7, 11) is 0. The smallest absolute Gasteiger partial charge is 0.300 e. The van der Waals surface area contributed by atoms with E-state index in [1.165, 1.54) is 0 Å². The van der Waals surface area contributed by atoms with Gasteiger partial charge in [0.05, 0.1) is 11.7 Å². The zero-order chi connectivity index (χ0) is 21.1. The lowest BCUT2D eigenvalue weighted by atomic mass is 10.1. The number of aryl methyl sites for hydroxylation is 1. The molecule has 0 radical (unpaired) electrons. The monoisotopic (exact) mass is 396 g/mol. The van der Waals surface area contributed by atoms with E-state index in [0.717, 1.165) is 61.2 Å². The minimum atomic E-state index is -0.833. The number of carbonyl (C=O) groups is 1. The molecule has 0 amide bonds. The molecule has 0 bridgehead atoms. The summed E-state index contributed by atoms with van der Waals surface area (Å²) in [6.45, 7) is 1.94. The second-order valence-corrected chi connectivity index (χ2v) is 6.23. The SMILES string of the molecule is CC(=O)O.ON=Cc1nc(CCCCNc2ccnc3ccccc23)ccc1O. The van der Waals surface area contributed by atoms with Gasteiger partial charge in [-0.05, 0) is 43.5 Å². The van der Waals surface area contributed by atoms with Crippen LogP contribution in [0, 0.1) is 0 Å². The van der Waals surface area contributed by atoms with Crippen LogP contribution in [0.2, 0.25) is 0 Å². The Morgan fingerprint density at radius 2 is 1.93 bits per heavy atom. The van der Waals surface area contributed by atoms with Crippen LogP contribution < -0.4 is 5.32 Å². The number of carboxylic acids is 1. The van der Waals surface area contributed by atoms with Crippen molar-refractivity contribution in [1.29, 1.82) is 0 Å². The van der Waals surface area contributed by atoms with Crippen LogP contribution in [0.15, 0.2) is 53.8 Å². The molecule has 2 heterocycles. The maximum absolute atomic E-state index is 9.61. The quantitative estimate of drug-likeness (QED) is 0.208. The largest absolute Gasteiger partial charge is 0.506 e. The second kappa shape index (κ2) is 11.2. The number of hydrogen-bond acceptors (Lipinski definition) is 7. The van der Waals surface area contributed by atoms with Gasteiger partial charge in [0.15, 0.2) is 0 Å². The highest BCUT2D eigenvalue weighted by Crippen LogP contribution is 2.21. The Morgan fingerprint density at radius 1 is 1.17 bits per heavy atom. The third kappa shape index (κ3) is 7.10. The van der Waals surface area contributed by atoms with Crippen molar-refractivity contribution in [2.24, 2.45) is 5.16 Å². The number of para-hydroxylation sites is 1. The fourth-order valence-corrected chi connectivity index (χ4v) is 2.70. The van der Waals surface area contributed by atoms with Gasteiger partial charge in [-0.15, -0.1) is 0 Å². The summed E-state index contributed by atoms with van der Waals surface area (Å²) in [5.41, 5.74) is 3.22. The molecular weight excluding hydrogens is 372 g/mol. The van der Waals surface area contributed by atoms with E-state index in [1.54, 1.807) is 12.1 Å². The molecule has 0 fully saturated rings. The maximum Gasteiger partial charge on any atom is 0.300 e. The molecule has 0 saturated carbocycles. The number of nitrogens with zero attached hydrogens (tertiary/aromatic N) is 3. The summed E-state index contributed by atoms with van der Waals surface area (Å²) in [4.78, 5) is 17.6. The number of pyridine rings is 2. The summed E-state index contributed by atoms with van der Waals surface area (Å²) in [6, 6.07) is 13.4. The van der Waals surface area contributed by atoms with Gasteiger partial charge < -0.3 is 20.7 Å². The first kappa shape index (κ1) is 21.6. The van der Waals surface area contributed by atoms with Crippen molar-refractivity contribution in [3.05, 3.63) is 60.0 Å². The molecule has 1 aromatic carbocycles. The molecule has 8 heteroatoms. The zero-order valence-electron chi connectivity index (χ0n) is 16.1. The Bertz CT molecular complexity index is 967. The van der Waals surface area contributed by atoms with Crippen LogP contribution in [0.5, 0.6) is 5.75 Å². The third-order valence-corrected chi connectivity index (χ3v) is 3.96. The van der Waals surface area contributed by atoms with Gasteiger partial charge >= 0.3 is 0 Å². The predicted octanol–water partition coefficient (Wildman–Crippen LogP) is 3.67. The normalized spacial score (nSPS) is 10.5. The summed E-state index contributed by atoms with van der Waals surface area (Å²) >= 11 is 0. The summed E-state index contributed by atoms with van der Waals surface area (Å²) in [5.74, 6) is -0.826. The lowest BCUT2D eigenvalue weighted by Gasteiger charge is -2.09. The summed E-state index contributed by atoms with van der Waals surface area (Å²) in [5, 5.41) is 33.1. The van der Waals surface area contributed by atoms with Crippen LogP contribution in [-0.2, 0) is 11.2 Å². The first-order valence-corrected chi connectivity index (χ1v) is 9.14. The van der Waals surface area contributed by atoms with Gasteiger partial charge in [0.2, 0.25) is 0 Å². The molecule has 3 rings (SSSR count). The fourth-order valence-electron chi connectivity index (χ4n) is 2.70. The molecule has 0 unspecified atom stereocenters. The van der Waals surface area contributed by atoms with E-state index >= 15 is 0 Å². The van der Waals surface area contributed by atoms with Crippen LogP contribution in [-0.4, -0.2) is 44.1 Å². The standard InChI is InChI=1S/C19H20N4O2.C2H4O2/c24-19-9-8-14(23-18(19)13-22-25)5-3-4-11-20-17-10-12-21-16-7-2-1-6-15(16)17;1-2(3)4/h1-2,6-10,12-13,24-25H,3-5,11H2,(H,20,21);1H3,(H,3,4). The first-order chi connectivity index (χ1) is 14.0. The number of anilines is 1. The molecule has 3 aromatic rings. The van der Waals surface area contributed by atoms with Gasteiger partial charge in [-0.2, -0.15) is 0 Å². The van der Waals surface area contributed by atoms with Crippen LogP contribution in [0.1, 0.15) is 31.2 Å². The summed E-state index contributed by atoms with van der Waals surface area (Å²) in [6.07, 6.45) is 5.70. The Kier molecular flexibility index (Phi) is 8.37. The van der Waals surface area contributed by atoms with E-state index in [2.05, 4.69) is 26.5 Å². The lowest BCUT2D eigenvalue weighted by molar-refractivity contribution is -0.134. The molecular formula is C21H24N4O4. The number of oxime groups is 1. The van der Waals surface area contributed by atoms with Gasteiger partial charge in [0.25, 0.3) is 5.97 Å². The number of nitrogens with one attached hydrogen (secondary N) is 1. The topological polar surface area (TPSA) is 128 Å². The minimum Gasteiger partial charge on any atom is -0.506 e. The number of fused-ring (bicyclic) bond motifs is 1. The van der Waals surface area contributed by atoms with Crippen molar-refractivity contribution in [3.8, 4) is 5.75 Å². The highest BCUT2D eigenvalue weighted by atomic mass is 16.4. The Hall–Kier alpha value is -3.68. The van der Waals surface area contributed by atoms with Gasteiger partial charge in [-0.1, -0.05) is 23.4 Å². The molecule has 29 heavy (non-hydrogen) atoms. The molecule has 0 spiro atoms. The molecule has 0 aliphatic rings. The van der Waals surface area contributed by atoms with E-state index in [4.69, 9.17) is 15.1 Å². The number of aliphatic carboxylic acids is 1. The van der Waals surface area contributed by atoms with Crippen LogP contribution in [0.3, 0.4) is 0 Å². The average Bonchev–Trinajstić information content (AvgIpc) is 2.70. The summed E-state index contributed by atoms with van der Waals surface area (Å²) < 4.78 is 0. The predicted molar refractivity (Wildman–Crippen MR) is 112 cm³/mol. The van der Waals surface area contributed by atoms with Crippen LogP contribution in [0.25, 0.3) is 10.9 Å². The van der Waals surface area contributed by atoms with Crippen molar-refractivity contribution in [3.63, 3.8) is 0 Å². The number of benzene rings is 1. The molecule has 0 saturated heterocycles. The van der Waals surface area contributed by atoms with E-state index in [9.17, 15) is 5.11 Å². The maximum atomic E-state index is 9.61. The molecule has 8 nitrogen and oxygen atoms in total. The molecule has 2 aromatic heterocycles. The molecule has 4 N–H and O–H groups in total. The van der Waals surface area contributed by atoms with Gasteiger partial charge in [0, 0.05) is 36.4 Å². The number of aromatic nitrogens is 2. The minimum absolute atomic E-state index is 0.00721. The highest BCUT2D eigenvalue weighted by Gasteiger charge is 2.04. The Morgan fingerprint density at radius 3 is 2.69 bits per heavy atom. The molecule has 0 aliphatic heterocycles. The average molecular weight is 396 g/mol. The van der Waals surface area contributed by atoms with E-state index in [-0.39, 0.29) is 11.4 Å². The van der Waals surface area contributed by atoms with Crippen molar-refractivity contribution in [2.75, 3.05) is 11.9 Å². The zero-order valence-corrected chi connectivity index (χ0v) is 16.1.